The quantitative estimate of drug-likeness (QED) is 0.514. The van der Waals surface area contributed by atoms with Crippen molar-refractivity contribution in [1.29, 1.82) is 0 Å². The predicted molar refractivity (Wildman–Crippen MR) is 89.3 cm³/mol. The molecule has 4 rings (SSSR count). The normalized spacial score (nSPS) is 10.8. The van der Waals surface area contributed by atoms with E-state index in [1.807, 2.05) is 36.4 Å². The zero-order chi connectivity index (χ0) is 15.6. The zero-order valence-corrected chi connectivity index (χ0v) is 12.8. The van der Waals surface area contributed by atoms with Crippen molar-refractivity contribution in [2.75, 3.05) is 0 Å². The summed E-state index contributed by atoms with van der Waals surface area (Å²) in [5.74, 6) is 0.500. The second-order valence-corrected chi connectivity index (χ2v) is 5.96. The van der Waals surface area contributed by atoms with Crippen LogP contribution >= 0.6 is 11.3 Å². The topological polar surface area (TPSA) is 35.0 Å². The van der Waals surface area contributed by atoms with Gasteiger partial charge in [0.25, 0.3) is 0 Å². The molecule has 112 valence electrons. The standard InChI is InChI=1S/C18H11FN2OS/c19-13-7-4-8-14(9-13)22-17-15-10-16(12-5-2-1-3-6-12)23-18(15)21-11-20-17/h1-11H. The molecule has 0 aliphatic carbocycles. The molecule has 2 heterocycles. The molecule has 0 amide bonds. The summed E-state index contributed by atoms with van der Waals surface area (Å²) in [6.07, 6.45) is 1.46. The second-order valence-electron chi connectivity index (χ2n) is 4.93. The number of hydrogen-bond donors (Lipinski definition) is 0. The highest BCUT2D eigenvalue weighted by atomic mass is 32.1. The Kier molecular flexibility index (Phi) is 3.48. The van der Waals surface area contributed by atoms with E-state index in [-0.39, 0.29) is 5.82 Å². The highest BCUT2D eigenvalue weighted by Gasteiger charge is 2.12. The molecule has 0 radical (unpaired) electrons. The molecule has 5 heteroatoms. The van der Waals surface area contributed by atoms with Crippen molar-refractivity contribution in [1.82, 2.24) is 9.97 Å². The lowest BCUT2D eigenvalue weighted by molar-refractivity contribution is 0.463. The molecular weight excluding hydrogens is 311 g/mol. The van der Waals surface area contributed by atoms with Crippen molar-refractivity contribution >= 4 is 21.6 Å². The van der Waals surface area contributed by atoms with Crippen LogP contribution in [0.1, 0.15) is 0 Å². The first-order valence-corrected chi connectivity index (χ1v) is 7.84. The highest BCUT2D eigenvalue weighted by Crippen LogP contribution is 2.36. The maximum atomic E-state index is 13.3. The van der Waals surface area contributed by atoms with E-state index in [4.69, 9.17) is 4.74 Å². The van der Waals surface area contributed by atoms with Crippen LogP contribution in [-0.4, -0.2) is 9.97 Å². The second kappa shape index (κ2) is 5.78. The number of rotatable bonds is 3. The van der Waals surface area contributed by atoms with Gasteiger partial charge >= 0.3 is 0 Å². The monoisotopic (exact) mass is 322 g/mol. The Hall–Kier alpha value is -2.79. The maximum absolute atomic E-state index is 13.3. The molecule has 0 bridgehead atoms. The fourth-order valence-electron chi connectivity index (χ4n) is 2.30. The number of benzene rings is 2. The molecule has 0 atom stereocenters. The Labute approximate surface area is 136 Å². The van der Waals surface area contributed by atoms with Gasteiger partial charge in [-0.3, -0.25) is 0 Å². The van der Waals surface area contributed by atoms with Gasteiger partial charge in [-0.25, -0.2) is 14.4 Å². The van der Waals surface area contributed by atoms with Crippen LogP contribution in [0.25, 0.3) is 20.7 Å². The van der Waals surface area contributed by atoms with Crippen LogP contribution in [0.3, 0.4) is 0 Å². The largest absolute Gasteiger partial charge is 0.438 e. The van der Waals surface area contributed by atoms with Gasteiger partial charge in [0.1, 0.15) is 22.7 Å². The van der Waals surface area contributed by atoms with Gasteiger partial charge in [0.15, 0.2) is 0 Å². The van der Waals surface area contributed by atoms with Gasteiger partial charge in [-0.1, -0.05) is 36.4 Å². The minimum Gasteiger partial charge on any atom is -0.438 e. The summed E-state index contributed by atoms with van der Waals surface area (Å²) in [5, 5.41) is 0.820. The van der Waals surface area contributed by atoms with Crippen LogP contribution in [0, 0.1) is 5.82 Å². The molecule has 2 aromatic carbocycles. The summed E-state index contributed by atoms with van der Waals surface area (Å²) in [4.78, 5) is 10.4. The first kappa shape index (κ1) is 13.8. The number of aromatic nitrogens is 2. The summed E-state index contributed by atoms with van der Waals surface area (Å²) in [5.41, 5.74) is 1.12. The lowest BCUT2D eigenvalue weighted by Crippen LogP contribution is -1.89. The summed E-state index contributed by atoms with van der Waals surface area (Å²) in [6.45, 7) is 0. The van der Waals surface area contributed by atoms with Crippen molar-refractivity contribution in [3.63, 3.8) is 0 Å². The van der Waals surface area contributed by atoms with E-state index in [2.05, 4.69) is 9.97 Å². The van der Waals surface area contributed by atoms with Crippen LogP contribution in [-0.2, 0) is 0 Å². The van der Waals surface area contributed by atoms with Gasteiger partial charge in [0.05, 0.1) is 5.39 Å². The molecule has 0 N–H and O–H groups in total. The van der Waals surface area contributed by atoms with Crippen LogP contribution in [0.4, 0.5) is 4.39 Å². The number of fused-ring (bicyclic) bond motifs is 1. The van der Waals surface area contributed by atoms with E-state index < -0.39 is 0 Å². The summed E-state index contributed by atoms with van der Waals surface area (Å²) >= 11 is 1.57. The maximum Gasteiger partial charge on any atom is 0.231 e. The molecule has 0 saturated carbocycles. The van der Waals surface area contributed by atoms with E-state index in [9.17, 15) is 4.39 Å². The SMILES string of the molecule is Fc1cccc(Oc2ncnc3sc(-c4ccccc4)cc23)c1. The molecule has 23 heavy (non-hydrogen) atoms. The van der Waals surface area contributed by atoms with E-state index in [0.29, 0.717) is 11.6 Å². The Morgan fingerprint density at radius 1 is 0.913 bits per heavy atom. The van der Waals surface area contributed by atoms with Crippen LogP contribution in [0.2, 0.25) is 0 Å². The van der Waals surface area contributed by atoms with Crippen LogP contribution in [0.15, 0.2) is 67.0 Å². The number of thiophene rings is 1. The number of ether oxygens (including phenoxy) is 1. The Balaban J connectivity index is 1.77. The van der Waals surface area contributed by atoms with Gasteiger partial charge in [0.2, 0.25) is 5.88 Å². The van der Waals surface area contributed by atoms with Gasteiger partial charge < -0.3 is 4.74 Å². The molecule has 0 aliphatic rings. The Morgan fingerprint density at radius 2 is 1.78 bits per heavy atom. The molecule has 0 saturated heterocycles. The number of hydrogen-bond acceptors (Lipinski definition) is 4. The molecule has 0 spiro atoms. The molecule has 2 aromatic heterocycles. The van der Waals surface area contributed by atoms with Gasteiger partial charge in [-0.2, -0.15) is 0 Å². The minimum atomic E-state index is -0.344. The number of halogens is 1. The molecule has 4 aromatic rings. The average Bonchev–Trinajstić information content (AvgIpc) is 3.01. The van der Waals surface area contributed by atoms with Gasteiger partial charge in [-0.15, -0.1) is 11.3 Å². The Morgan fingerprint density at radius 3 is 2.61 bits per heavy atom. The average molecular weight is 322 g/mol. The third-order valence-corrected chi connectivity index (χ3v) is 4.45. The van der Waals surface area contributed by atoms with Crippen LogP contribution < -0.4 is 4.74 Å². The van der Waals surface area contributed by atoms with Gasteiger partial charge in [-0.05, 0) is 23.8 Å². The molecule has 0 unspecified atom stereocenters. The zero-order valence-electron chi connectivity index (χ0n) is 11.9. The molecular formula is C18H11FN2OS. The summed E-state index contributed by atoms with van der Waals surface area (Å²) in [6, 6.07) is 18.1. The van der Waals surface area contributed by atoms with E-state index in [0.717, 1.165) is 20.7 Å². The van der Waals surface area contributed by atoms with E-state index >= 15 is 0 Å². The Bertz CT molecular complexity index is 969. The first-order chi connectivity index (χ1) is 11.3. The third kappa shape index (κ3) is 2.78. The van der Waals surface area contributed by atoms with Crippen molar-refractivity contribution < 1.29 is 9.13 Å². The fourth-order valence-corrected chi connectivity index (χ4v) is 3.30. The summed E-state index contributed by atoms with van der Waals surface area (Å²) < 4.78 is 19.0. The van der Waals surface area contributed by atoms with Crippen molar-refractivity contribution in [2.24, 2.45) is 0 Å². The van der Waals surface area contributed by atoms with Crippen molar-refractivity contribution in [3.8, 4) is 22.1 Å². The third-order valence-electron chi connectivity index (χ3n) is 3.36. The first-order valence-electron chi connectivity index (χ1n) is 7.03. The molecule has 0 aliphatic heterocycles. The van der Waals surface area contributed by atoms with Crippen molar-refractivity contribution in [2.45, 2.75) is 0 Å². The van der Waals surface area contributed by atoms with E-state index in [1.165, 1.54) is 18.5 Å². The van der Waals surface area contributed by atoms with Crippen molar-refractivity contribution in [3.05, 3.63) is 72.8 Å². The number of nitrogens with zero attached hydrogens (tertiary/aromatic N) is 2. The minimum absolute atomic E-state index is 0.344. The van der Waals surface area contributed by atoms with Crippen LogP contribution in [0.5, 0.6) is 11.6 Å². The highest BCUT2D eigenvalue weighted by molar-refractivity contribution is 7.21. The smallest absolute Gasteiger partial charge is 0.231 e. The summed E-state index contributed by atoms with van der Waals surface area (Å²) in [7, 11) is 0. The molecule has 3 nitrogen and oxygen atoms in total. The van der Waals surface area contributed by atoms with E-state index in [1.54, 1.807) is 23.5 Å². The fraction of sp³-hybridized carbons (Fsp3) is 0. The predicted octanol–water partition coefficient (Wildman–Crippen LogP) is 5.29. The van der Waals surface area contributed by atoms with Gasteiger partial charge in [0, 0.05) is 10.9 Å². The lowest BCUT2D eigenvalue weighted by atomic mass is 10.2. The lowest BCUT2D eigenvalue weighted by Gasteiger charge is -2.04. The molecule has 0 fully saturated rings.